The van der Waals surface area contributed by atoms with Crippen LogP contribution in [0.4, 0.5) is 4.79 Å². The summed E-state index contributed by atoms with van der Waals surface area (Å²) in [6.07, 6.45) is 1.09. The molecule has 2 aliphatic rings. The molecule has 3 rings (SSSR count). The Kier molecular flexibility index (Phi) is 4.64. The molecule has 142 valence electrons. The number of amides is 2. The Labute approximate surface area is 151 Å². The Hall–Kier alpha value is -2.58. The van der Waals surface area contributed by atoms with Gasteiger partial charge in [0.25, 0.3) is 5.91 Å². The molecule has 2 amide bonds. The number of hydrogen-bond acceptors (Lipinski definition) is 6. The number of aromatic nitrogens is 2. The van der Waals surface area contributed by atoms with E-state index in [2.05, 4.69) is 10.3 Å². The third kappa shape index (κ3) is 3.38. The van der Waals surface area contributed by atoms with Crippen molar-refractivity contribution in [3.05, 3.63) is 17.7 Å². The molecular formula is C17H24N4O5. The lowest BCUT2D eigenvalue weighted by Crippen LogP contribution is -2.37. The fraction of sp³-hybridized carbons (Fsp3) is 0.647. The molecule has 0 aromatic carbocycles. The molecule has 0 bridgehead atoms. The molecular weight excluding hydrogens is 340 g/mol. The van der Waals surface area contributed by atoms with Gasteiger partial charge in [0.05, 0.1) is 19.0 Å². The molecule has 2 aliphatic heterocycles. The molecule has 9 nitrogen and oxygen atoms in total. The van der Waals surface area contributed by atoms with Crippen LogP contribution in [0.1, 0.15) is 54.7 Å². The maximum atomic E-state index is 12.4. The highest BCUT2D eigenvalue weighted by Gasteiger charge is 2.42. The van der Waals surface area contributed by atoms with Gasteiger partial charge in [0.1, 0.15) is 11.3 Å². The third-order valence-electron chi connectivity index (χ3n) is 4.42. The van der Waals surface area contributed by atoms with Gasteiger partial charge in [-0.1, -0.05) is 0 Å². The number of ether oxygens (including phenoxy) is 2. The summed E-state index contributed by atoms with van der Waals surface area (Å²) in [5.74, 6) is -0.974. The second-order valence-corrected chi connectivity index (χ2v) is 7.49. The van der Waals surface area contributed by atoms with E-state index in [9.17, 15) is 14.4 Å². The maximum Gasteiger partial charge on any atom is 0.410 e. The molecule has 1 saturated heterocycles. The van der Waals surface area contributed by atoms with Crippen LogP contribution in [0.5, 0.6) is 0 Å². The summed E-state index contributed by atoms with van der Waals surface area (Å²) in [5.41, 5.74) is -0.393. The van der Waals surface area contributed by atoms with Crippen LogP contribution >= 0.6 is 0 Å². The number of likely N-dealkylation sites (tertiary alicyclic amines) is 1. The van der Waals surface area contributed by atoms with Gasteiger partial charge in [0.2, 0.25) is 0 Å². The molecule has 9 heteroatoms. The van der Waals surface area contributed by atoms with E-state index in [0.29, 0.717) is 19.6 Å². The highest BCUT2D eigenvalue weighted by molar-refractivity contribution is 6.03. The molecule has 0 aliphatic carbocycles. The Bertz CT molecular complexity index is 736. The average molecular weight is 364 g/mol. The van der Waals surface area contributed by atoms with Gasteiger partial charge in [-0.25, -0.2) is 14.6 Å². The maximum absolute atomic E-state index is 12.4. The summed E-state index contributed by atoms with van der Waals surface area (Å²) in [4.78, 5) is 42.6. The van der Waals surface area contributed by atoms with E-state index in [-0.39, 0.29) is 42.0 Å². The predicted octanol–water partition coefficient (Wildman–Crippen LogP) is 1.21. The lowest BCUT2D eigenvalue weighted by atomic mass is 10.0. The zero-order chi connectivity index (χ0) is 19.1. The number of esters is 1. The number of nitrogens with zero attached hydrogens (tertiary/aromatic N) is 3. The molecule has 1 aromatic rings. The zero-order valence-electron chi connectivity index (χ0n) is 15.4. The molecule has 0 saturated carbocycles. The first-order valence-electron chi connectivity index (χ1n) is 8.71. The Morgan fingerprint density at radius 2 is 2.08 bits per heavy atom. The van der Waals surface area contributed by atoms with Crippen molar-refractivity contribution in [2.24, 2.45) is 5.92 Å². The number of hydrogen-bond donors (Lipinski definition) is 1. The van der Waals surface area contributed by atoms with Crippen LogP contribution in [-0.4, -0.2) is 64.3 Å². The van der Waals surface area contributed by atoms with Crippen LogP contribution in [0, 0.1) is 5.92 Å². The predicted molar refractivity (Wildman–Crippen MR) is 90.9 cm³/mol. The van der Waals surface area contributed by atoms with Crippen LogP contribution < -0.4 is 5.32 Å². The molecule has 1 N–H and O–H groups in total. The smallest absolute Gasteiger partial charge is 0.410 e. The average Bonchev–Trinajstić information content (AvgIpc) is 3.12. The highest BCUT2D eigenvalue weighted by atomic mass is 16.6. The van der Waals surface area contributed by atoms with E-state index in [1.54, 1.807) is 16.4 Å². The van der Waals surface area contributed by atoms with Gasteiger partial charge < -0.3 is 24.3 Å². The normalized spacial score (nSPS) is 22.2. The van der Waals surface area contributed by atoms with Gasteiger partial charge in [-0.15, -0.1) is 0 Å². The quantitative estimate of drug-likeness (QED) is 0.792. The molecule has 1 aromatic heterocycles. The Balaban J connectivity index is 1.87. The van der Waals surface area contributed by atoms with E-state index < -0.39 is 11.6 Å². The van der Waals surface area contributed by atoms with Crippen LogP contribution in [0.25, 0.3) is 0 Å². The van der Waals surface area contributed by atoms with Gasteiger partial charge in [-0.05, 0) is 27.7 Å². The van der Waals surface area contributed by atoms with Crippen molar-refractivity contribution in [1.29, 1.82) is 0 Å². The molecule has 1 fully saturated rings. The lowest BCUT2D eigenvalue weighted by Gasteiger charge is -2.24. The van der Waals surface area contributed by atoms with Crippen LogP contribution in [0.2, 0.25) is 0 Å². The van der Waals surface area contributed by atoms with Crippen LogP contribution in [0.3, 0.4) is 0 Å². The van der Waals surface area contributed by atoms with E-state index in [1.807, 2.05) is 20.8 Å². The van der Waals surface area contributed by atoms with Crippen LogP contribution in [0.15, 0.2) is 6.33 Å². The standard InChI is InChI=1S/C17H24N4O5/c1-5-25-15(23)12-13-14(22)18-6-10-7-20(16(24)26-17(2,3)4)8-11(10)21(13)9-19-12/h9-11H,5-8H2,1-4H3,(H,18,22)/t10-,11-/m1/s1. The summed E-state index contributed by atoms with van der Waals surface area (Å²) >= 11 is 0. The number of carbonyl (C=O) groups excluding carboxylic acids is 3. The fourth-order valence-corrected chi connectivity index (χ4v) is 3.34. The first-order valence-corrected chi connectivity index (χ1v) is 8.71. The summed E-state index contributed by atoms with van der Waals surface area (Å²) in [7, 11) is 0. The van der Waals surface area contributed by atoms with E-state index in [1.165, 1.54) is 6.33 Å². The topological polar surface area (TPSA) is 103 Å². The summed E-state index contributed by atoms with van der Waals surface area (Å²) in [6, 6.07) is -0.160. The van der Waals surface area contributed by atoms with Gasteiger partial charge in [0.15, 0.2) is 5.69 Å². The minimum absolute atomic E-state index is 0.000665. The monoisotopic (exact) mass is 364 g/mol. The van der Waals surface area contributed by atoms with Crippen molar-refractivity contribution in [2.45, 2.75) is 39.3 Å². The van der Waals surface area contributed by atoms with Gasteiger partial charge in [0, 0.05) is 25.6 Å². The van der Waals surface area contributed by atoms with Crippen molar-refractivity contribution >= 4 is 18.0 Å². The third-order valence-corrected chi connectivity index (χ3v) is 4.42. The van der Waals surface area contributed by atoms with Gasteiger partial charge in [-0.2, -0.15) is 0 Å². The number of rotatable bonds is 2. The minimum atomic E-state index is -0.628. The number of nitrogens with one attached hydrogen (secondary N) is 1. The van der Waals surface area contributed by atoms with Gasteiger partial charge in [-0.3, -0.25) is 4.79 Å². The minimum Gasteiger partial charge on any atom is -0.461 e. The Morgan fingerprint density at radius 3 is 2.73 bits per heavy atom. The first-order chi connectivity index (χ1) is 12.2. The molecule has 2 atom stereocenters. The molecule has 0 unspecified atom stereocenters. The van der Waals surface area contributed by atoms with E-state index in [0.717, 1.165) is 0 Å². The van der Waals surface area contributed by atoms with Gasteiger partial charge >= 0.3 is 12.1 Å². The summed E-state index contributed by atoms with van der Waals surface area (Å²) < 4.78 is 12.1. The number of fused-ring (bicyclic) bond motifs is 3. The zero-order valence-corrected chi connectivity index (χ0v) is 15.4. The molecule has 0 spiro atoms. The van der Waals surface area contributed by atoms with Crippen molar-refractivity contribution in [3.8, 4) is 0 Å². The number of imidazole rings is 1. The fourth-order valence-electron chi connectivity index (χ4n) is 3.34. The summed E-state index contributed by atoms with van der Waals surface area (Å²) in [5, 5.41) is 2.82. The van der Waals surface area contributed by atoms with Crippen molar-refractivity contribution in [3.63, 3.8) is 0 Å². The SMILES string of the molecule is CCOC(=O)c1ncn2c1C(=O)NC[C@@H]1CN(C(=O)OC(C)(C)C)C[C@H]12. The molecule has 3 heterocycles. The van der Waals surface area contributed by atoms with Crippen molar-refractivity contribution in [1.82, 2.24) is 19.8 Å². The first kappa shape index (κ1) is 18.2. The Morgan fingerprint density at radius 1 is 1.35 bits per heavy atom. The summed E-state index contributed by atoms with van der Waals surface area (Å²) in [6.45, 7) is 8.61. The molecule has 0 radical (unpaired) electrons. The second kappa shape index (κ2) is 6.62. The number of carbonyl (C=O) groups is 3. The highest BCUT2D eigenvalue weighted by Crippen LogP contribution is 2.32. The van der Waals surface area contributed by atoms with Crippen LogP contribution in [-0.2, 0) is 9.47 Å². The largest absolute Gasteiger partial charge is 0.461 e. The molecule has 26 heavy (non-hydrogen) atoms. The lowest BCUT2D eigenvalue weighted by molar-refractivity contribution is 0.0283. The van der Waals surface area contributed by atoms with Crippen molar-refractivity contribution in [2.75, 3.05) is 26.2 Å². The van der Waals surface area contributed by atoms with Crippen molar-refractivity contribution < 1.29 is 23.9 Å². The second-order valence-electron chi connectivity index (χ2n) is 7.49. The van der Waals surface area contributed by atoms with E-state index >= 15 is 0 Å². The van der Waals surface area contributed by atoms with E-state index in [4.69, 9.17) is 9.47 Å².